The highest BCUT2D eigenvalue weighted by atomic mass is 32.2. The molecule has 10 heteroatoms. The first kappa shape index (κ1) is 25.8. The lowest BCUT2D eigenvalue weighted by Crippen LogP contribution is -2.16. The van der Waals surface area contributed by atoms with Crippen LogP contribution in [0.5, 0.6) is 5.75 Å². The Morgan fingerprint density at radius 1 is 0.784 bits per heavy atom. The van der Waals surface area contributed by atoms with Crippen LogP contribution in [0.4, 0.5) is 24.5 Å². The second-order valence-electron chi connectivity index (χ2n) is 7.96. The average Bonchev–Trinajstić information content (AvgIpc) is 2.88. The van der Waals surface area contributed by atoms with Crippen molar-refractivity contribution in [2.75, 3.05) is 10.0 Å². The maximum atomic E-state index is 12.9. The van der Waals surface area contributed by atoms with Gasteiger partial charge in [0.2, 0.25) is 0 Å². The molecule has 0 aliphatic carbocycles. The van der Waals surface area contributed by atoms with E-state index in [9.17, 15) is 26.4 Å². The van der Waals surface area contributed by atoms with Crippen molar-refractivity contribution in [2.45, 2.75) is 17.7 Å². The molecule has 0 fully saturated rings. The van der Waals surface area contributed by atoms with Crippen LogP contribution in [0.25, 0.3) is 0 Å². The number of hydrogen-bond donors (Lipinski definition) is 2. The summed E-state index contributed by atoms with van der Waals surface area (Å²) in [5.41, 5.74) is 0.289. The zero-order chi connectivity index (χ0) is 26.5. The zero-order valence-electron chi connectivity index (χ0n) is 19.2. The van der Waals surface area contributed by atoms with Gasteiger partial charge in [-0.25, -0.2) is 8.42 Å². The zero-order valence-corrected chi connectivity index (χ0v) is 20.0. The smallest absolute Gasteiger partial charge is 0.416 e. The van der Waals surface area contributed by atoms with Gasteiger partial charge in [-0.05, 0) is 66.2 Å². The van der Waals surface area contributed by atoms with Gasteiger partial charge in [0.1, 0.15) is 12.4 Å². The number of amides is 1. The van der Waals surface area contributed by atoms with Crippen molar-refractivity contribution in [1.29, 1.82) is 0 Å². The number of sulfonamides is 1. The lowest BCUT2D eigenvalue weighted by molar-refractivity contribution is -0.137. The normalized spacial score (nSPS) is 11.5. The number of anilines is 2. The van der Waals surface area contributed by atoms with Crippen LogP contribution in [0.15, 0.2) is 108 Å². The third-order valence-corrected chi connectivity index (χ3v) is 6.59. The molecule has 0 saturated heterocycles. The van der Waals surface area contributed by atoms with E-state index in [1.54, 1.807) is 24.3 Å². The summed E-state index contributed by atoms with van der Waals surface area (Å²) in [5.74, 6) is 0.0460. The minimum atomic E-state index is -4.62. The van der Waals surface area contributed by atoms with Gasteiger partial charge >= 0.3 is 6.18 Å². The van der Waals surface area contributed by atoms with Gasteiger partial charge in [0.25, 0.3) is 15.9 Å². The Balaban J connectivity index is 1.42. The fourth-order valence-electron chi connectivity index (χ4n) is 3.36. The summed E-state index contributed by atoms with van der Waals surface area (Å²) in [6, 6.07) is 25.3. The molecular formula is C27H21F3N2O4S. The highest BCUT2D eigenvalue weighted by Crippen LogP contribution is 2.31. The highest BCUT2D eigenvalue weighted by molar-refractivity contribution is 7.92. The number of alkyl halides is 3. The van der Waals surface area contributed by atoms with E-state index in [0.29, 0.717) is 24.1 Å². The van der Waals surface area contributed by atoms with Gasteiger partial charge in [-0.3, -0.25) is 9.52 Å². The molecule has 4 aromatic carbocycles. The summed E-state index contributed by atoms with van der Waals surface area (Å²) in [5, 5.41) is 2.68. The molecule has 0 saturated carbocycles. The molecule has 6 nitrogen and oxygen atoms in total. The average molecular weight is 527 g/mol. The van der Waals surface area contributed by atoms with E-state index in [0.717, 1.165) is 23.8 Å². The third-order valence-electron chi connectivity index (χ3n) is 5.21. The second kappa shape index (κ2) is 10.8. The molecular weight excluding hydrogens is 505 g/mol. The number of carbonyl (C=O) groups is 1. The molecule has 0 heterocycles. The van der Waals surface area contributed by atoms with Crippen LogP contribution in [0.1, 0.15) is 21.5 Å². The van der Waals surface area contributed by atoms with Crippen LogP contribution < -0.4 is 14.8 Å². The number of benzene rings is 4. The predicted molar refractivity (Wildman–Crippen MR) is 134 cm³/mol. The molecule has 0 bridgehead atoms. The minimum Gasteiger partial charge on any atom is -0.489 e. The number of nitrogens with one attached hydrogen (secondary N) is 2. The lowest BCUT2D eigenvalue weighted by Gasteiger charge is -2.12. The fourth-order valence-corrected chi connectivity index (χ4v) is 4.45. The van der Waals surface area contributed by atoms with Gasteiger partial charge < -0.3 is 10.1 Å². The standard InChI is InChI=1S/C27H21F3N2O4S/c28-27(29,30)21-9-5-10-23(17-21)32-37(34,35)25-11-4-8-20(16-25)26(33)31-22-12-14-24(15-13-22)36-18-19-6-2-1-3-7-19/h1-17,32H,18H2,(H,31,33). The Kier molecular flexibility index (Phi) is 7.49. The first-order valence-electron chi connectivity index (χ1n) is 11.0. The SMILES string of the molecule is O=C(Nc1ccc(OCc2ccccc2)cc1)c1cccc(S(=O)(=O)Nc2cccc(C(F)(F)F)c2)c1. The summed E-state index contributed by atoms with van der Waals surface area (Å²) >= 11 is 0. The van der Waals surface area contributed by atoms with E-state index in [-0.39, 0.29) is 16.1 Å². The van der Waals surface area contributed by atoms with Gasteiger partial charge in [-0.1, -0.05) is 42.5 Å². The molecule has 0 unspecified atom stereocenters. The number of halogens is 3. The van der Waals surface area contributed by atoms with Crippen LogP contribution in [0.2, 0.25) is 0 Å². The number of ether oxygens (including phenoxy) is 1. The molecule has 0 spiro atoms. The summed E-state index contributed by atoms with van der Waals surface area (Å²) in [6.45, 7) is 0.391. The lowest BCUT2D eigenvalue weighted by atomic mass is 10.2. The van der Waals surface area contributed by atoms with E-state index in [1.807, 2.05) is 30.3 Å². The highest BCUT2D eigenvalue weighted by Gasteiger charge is 2.30. The van der Waals surface area contributed by atoms with Crippen molar-refractivity contribution in [3.05, 3.63) is 120 Å². The van der Waals surface area contributed by atoms with Crippen molar-refractivity contribution < 1.29 is 31.1 Å². The number of carbonyl (C=O) groups excluding carboxylic acids is 1. The molecule has 0 atom stereocenters. The summed E-state index contributed by atoms with van der Waals surface area (Å²) < 4.78 is 72.2. The molecule has 1 amide bonds. The summed E-state index contributed by atoms with van der Waals surface area (Å²) in [4.78, 5) is 12.4. The Morgan fingerprint density at radius 2 is 1.49 bits per heavy atom. The Hall–Kier alpha value is -4.31. The van der Waals surface area contributed by atoms with Gasteiger partial charge in [0.15, 0.2) is 0 Å². The minimum absolute atomic E-state index is 0.0521. The quantitative estimate of drug-likeness (QED) is 0.281. The maximum absolute atomic E-state index is 12.9. The number of rotatable bonds is 8. The second-order valence-corrected chi connectivity index (χ2v) is 9.65. The van der Waals surface area contributed by atoms with Crippen molar-refractivity contribution in [1.82, 2.24) is 0 Å². The Labute approximate surface area is 211 Å². The fraction of sp³-hybridized carbons (Fsp3) is 0.0741. The summed E-state index contributed by atoms with van der Waals surface area (Å²) in [7, 11) is -4.25. The van der Waals surface area contributed by atoms with Crippen LogP contribution in [0, 0.1) is 0 Å². The van der Waals surface area contributed by atoms with Crippen molar-refractivity contribution in [2.24, 2.45) is 0 Å². The topological polar surface area (TPSA) is 84.5 Å². The maximum Gasteiger partial charge on any atom is 0.416 e. The molecule has 4 aromatic rings. The van der Waals surface area contributed by atoms with Crippen molar-refractivity contribution >= 4 is 27.3 Å². The van der Waals surface area contributed by atoms with Crippen molar-refractivity contribution in [3.63, 3.8) is 0 Å². The first-order chi connectivity index (χ1) is 17.6. The van der Waals surface area contributed by atoms with E-state index in [1.165, 1.54) is 24.3 Å². The molecule has 2 N–H and O–H groups in total. The molecule has 0 radical (unpaired) electrons. The van der Waals surface area contributed by atoms with Crippen molar-refractivity contribution in [3.8, 4) is 5.75 Å². The van der Waals surface area contributed by atoms with Gasteiger partial charge in [0, 0.05) is 16.9 Å². The third kappa shape index (κ3) is 6.89. The van der Waals surface area contributed by atoms with Crippen LogP contribution in [0.3, 0.4) is 0 Å². The van der Waals surface area contributed by atoms with E-state index >= 15 is 0 Å². The largest absolute Gasteiger partial charge is 0.489 e. The van der Waals surface area contributed by atoms with Crippen LogP contribution in [-0.2, 0) is 22.8 Å². The predicted octanol–water partition coefficient (Wildman–Crippen LogP) is 6.34. The molecule has 190 valence electrons. The summed E-state index contributed by atoms with van der Waals surface area (Å²) in [6.07, 6.45) is -4.62. The van der Waals surface area contributed by atoms with Crippen LogP contribution >= 0.6 is 0 Å². The van der Waals surface area contributed by atoms with E-state index < -0.39 is 27.7 Å². The molecule has 0 aromatic heterocycles. The number of hydrogen-bond acceptors (Lipinski definition) is 4. The molecule has 4 rings (SSSR count). The molecule has 37 heavy (non-hydrogen) atoms. The monoisotopic (exact) mass is 526 g/mol. The van der Waals surface area contributed by atoms with E-state index in [4.69, 9.17) is 4.74 Å². The molecule has 0 aliphatic heterocycles. The molecule has 0 aliphatic rings. The van der Waals surface area contributed by atoms with Gasteiger partial charge in [-0.15, -0.1) is 0 Å². The first-order valence-corrected chi connectivity index (χ1v) is 12.5. The van der Waals surface area contributed by atoms with Gasteiger partial charge in [0.05, 0.1) is 10.5 Å². The Morgan fingerprint density at radius 3 is 2.19 bits per heavy atom. The van der Waals surface area contributed by atoms with E-state index in [2.05, 4.69) is 10.0 Å². The van der Waals surface area contributed by atoms with Gasteiger partial charge in [-0.2, -0.15) is 13.2 Å². The van der Waals surface area contributed by atoms with Crippen LogP contribution in [-0.4, -0.2) is 14.3 Å². The Bertz CT molecular complexity index is 1490.